The van der Waals surface area contributed by atoms with E-state index in [-0.39, 0.29) is 11.7 Å². The summed E-state index contributed by atoms with van der Waals surface area (Å²) in [6.07, 6.45) is 5.07. The molecule has 0 saturated heterocycles. The number of para-hydroxylation sites is 1. The summed E-state index contributed by atoms with van der Waals surface area (Å²) < 4.78 is 1.78. The Balaban J connectivity index is 1.60. The molecule has 1 amide bonds. The van der Waals surface area contributed by atoms with Gasteiger partial charge in [-0.15, -0.1) is 0 Å². The maximum absolute atomic E-state index is 12.5. The van der Waals surface area contributed by atoms with Crippen LogP contribution in [0.1, 0.15) is 22.8 Å². The lowest BCUT2D eigenvalue weighted by molar-refractivity contribution is -0.111. The second-order valence-electron chi connectivity index (χ2n) is 7.18. The number of nitrogens with one attached hydrogen (secondary N) is 1. The van der Waals surface area contributed by atoms with Gasteiger partial charge in [-0.25, -0.2) is 4.68 Å². The lowest BCUT2D eigenvalue weighted by atomic mass is 10.1. The van der Waals surface area contributed by atoms with Gasteiger partial charge in [-0.05, 0) is 61.5 Å². The number of rotatable bonds is 6. The van der Waals surface area contributed by atoms with E-state index in [1.165, 1.54) is 13.0 Å². The average molecular weight is 442 g/mol. The zero-order chi connectivity index (χ0) is 22.5. The molecule has 1 heterocycles. The first-order chi connectivity index (χ1) is 15.5. The van der Waals surface area contributed by atoms with E-state index in [1.54, 1.807) is 35.0 Å². The van der Waals surface area contributed by atoms with Gasteiger partial charge in [-0.2, -0.15) is 5.10 Å². The van der Waals surface area contributed by atoms with Gasteiger partial charge in [-0.1, -0.05) is 41.9 Å². The Morgan fingerprint density at radius 1 is 0.938 bits per heavy atom. The highest BCUT2D eigenvalue weighted by Gasteiger charge is 2.11. The number of Topliss-reactive ketones (excluding diaryl/α,β-unsaturated/α-hetero) is 1. The van der Waals surface area contributed by atoms with Gasteiger partial charge in [-0.3, -0.25) is 9.59 Å². The quantitative estimate of drug-likeness (QED) is 0.292. The summed E-state index contributed by atoms with van der Waals surface area (Å²) in [5, 5.41) is 8.17. The minimum absolute atomic E-state index is 0.0204. The largest absolute Gasteiger partial charge is 0.323 e. The van der Waals surface area contributed by atoms with E-state index in [1.807, 2.05) is 60.8 Å². The average Bonchev–Trinajstić information content (AvgIpc) is 3.23. The molecule has 6 heteroatoms. The number of amides is 1. The minimum atomic E-state index is -0.282. The van der Waals surface area contributed by atoms with E-state index in [2.05, 4.69) is 5.32 Å². The minimum Gasteiger partial charge on any atom is -0.323 e. The van der Waals surface area contributed by atoms with Gasteiger partial charge in [0.05, 0.1) is 11.4 Å². The van der Waals surface area contributed by atoms with Gasteiger partial charge in [0.1, 0.15) is 0 Å². The van der Waals surface area contributed by atoms with Crippen LogP contribution in [0.5, 0.6) is 0 Å². The Labute approximate surface area is 191 Å². The van der Waals surface area contributed by atoms with Gasteiger partial charge in [0.15, 0.2) is 5.78 Å². The summed E-state index contributed by atoms with van der Waals surface area (Å²) in [6.45, 7) is 1.50. The molecule has 32 heavy (non-hydrogen) atoms. The molecule has 0 saturated carbocycles. The smallest absolute Gasteiger partial charge is 0.248 e. The van der Waals surface area contributed by atoms with E-state index >= 15 is 0 Å². The topological polar surface area (TPSA) is 64.0 Å². The van der Waals surface area contributed by atoms with E-state index in [0.29, 0.717) is 16.3 Å². The predicted molar refractivity (Wildman–Crippen MR) is 128 cm³/mol. The van der Waals surface area contributed by atoms with Crippen molar-refractivity contribution in [1.29, 1.82) is 0 Å². The number of hydrogen-bond acceptors (Lipinski definition) is 3. The van der Waals surface area contributed by atoms with E-state index in [9.17, 15) is 9.59 Å². The summed E-state index contributed by atoms with van der Waals surface area (Å²) in [4.78, 5) is 23.9. The fourth-order valence-corrected chi connectivity index (χ4v) is 3.32. The lowest BCUT2D eigenvalue weighted by Crippen LogP contribution is -2.07. The first kappa shape index (κ1) is 21.3. The Morgan fingerprint density at radius 2 is 1.62 bits per heavy atom. The molecule has 0 unspecified atom stereocenters. The summed E-state index contributed by atoms with van der Waals surface area (Å²) in [7, 11) is 0. The van der Waals surface area contributed by atoms with Crippen LogP contribution in [-0.2, 0) is 4.79 Å². The third kappa shape index (κ3) is 5.02. The van der Waals surface area contributed by atoms with Crippen LogP contribution in [-0.4, -0.2) is 21.5 Å². The van der Waals surface area contributed by atoms with Crippen molar-refractivity contribution in [2.45, 2.75) is 6.92 Å². The van der Waals surface area contributed by atoms with Crippen molar-refractivity contribution in [3.63, 3.8) is 0 Å². The molecule has 1 N–H and O–H groups in total. The molecule has 4 aromatic rings. The Hall–Kier alpha value is -3.96. The highest BCUT2D eigenvalue weighted by Crippen LogP contribution is 2.26. The van der Waals surface area contributed by atoms with Crippen LogP contribution in [0.15, 0.2) is 91.1 Å². The SMILES string of the molecule is CC(=O)c1ccc(NC(=O)/C=C/c2cn(-c3ccccc3)nc2-c2ccc(Cl)cc2)cc1. The molecule has 0 radical (unpaired) electrons. The summed E-state index contributed by atoms with van der Waals surface area (Å²) >= 11 is 6.04. The normalized spacial score (nSPS) is 10.9. The number of hydrogen-bond donors (Lipinski definition) is 1. The maximum atomic E-state index is 12.5. The van der Waals surface area contributed by atoms with Crippen molar-refractivity contribution in [2.24, 2.45) is 0 Å². The van der Waals surface area contributed by atoms with Crippen LogP contribution in [0, 0.1) is 0 Å². The summed E-state index contributed by atoms with van der Waals surface area (Å²) in [6, 6.07) is 23.9. The van der Waals surface area contributed by atoms with Gasteiger partial charge in [0.2, 0.25) is 5.91 Å². The fourth-order valence-electron chi connectivity index (χ4n) is 3.19. The molecule has 0 bridgehead atoms. The fraction of sp³-hybridized carbons (Fsp3) is 0.0385. The second kappa shape index (κ2) is 9.45. The van der Waals surface area contributed by atoms with E-state index < -0.39 is 0 Å². The molecule has 0 fully saturated rings. The third-order valence-corrected chi connectivity index (χ3v) is 5.11. The van der Waals surface area contributed by atoms with Crippen molar-refractivity contribution in [3.8, 4) is 16.9 Å². The van der Waals surface area contributed by atoms with Crippen LogP contribution in [0.25, 0.3) is 23.0 Å². The molecule has 1 aromatic heterocycles. The molecule has 3 aromatic carbocycles. The molecular formula is C26H20ClN3O2. The molecule has 0 aliphatic rings. The molecule has 5 nitrogen and oxygen atoms in total. The number of carbonyl (C=O) groups excluding carboxylic acids is 2. The zero-order valence-corrected chi connectivity index (χ0v) is 18.1. The standard InChI is InChI=1S/C26H20ClN3O2/c1-18(31)19-9-14-23(15-10-19)28-25(32)16-11-21-17-30(24-5-3-2-4-6-24)29-26(21)20-7-12-22(27)13-8-20/h2-17H,1H3,(H,28,32)/b16-11+. The predicted octanol–water partition coefficient (Wildman–Crippen LogP) is 6.05. The molecule has 4 rings (SSSR count). The number of benzene rings is 3. The van der Waals surface area contributed by atoms with E-state index in [4.69, 9.17) is 16.7 Å². The number of halogens is 1. The van der Waals surface area contributed by atoms with Crippen molar-refractivity contribution < 1.29 is 9.59 Å². The molecular weight excluding hydrogens is 422 g/mol. The highest BCUT2D eigenvalue weighted by atomic mass is 35.5. The van der Waals surface area contributed by atoms with Gasteiger partial charge < -0.3 is 5.32 Å². The van der Waals surface area contributed by atoms with Crippen LogP contribution < -0.4 is 5.32 Å². The van der Waals surface area contributed by atoms with Gasteiger partial charge in [0, 0.05) is 39.7 Å². The number of nitrogens with zero attached hydrogens (tertiary/aromatic N) is 2. The highest BCUT2D eigenvalue weighted by molar-refractivity contribution is 6.30. The van der Waals surface area contributed by atoms with Crippen molar-refractivity contribution in [3.05, 3.63) is 107 Å². The van der Waals surface area contributed by atoms with E-state index in [0.717, 1.165) is 22.5 Å². The molecule has 0 spiro atoms. The first-order valence-corrected chi connectivity index (χ1v) is 10.4. The summed E-state index contributed by atoms with van der Waals surface area (Å²) in [5.74, 6) is -0.303. The van der Waals surface area contributed by atoms with Crippen molar-refractivity contribution >= 4 is 35.1 Å². The number of carbonyl (C=O) groups is 2. The number of aromatic nitrogens is 2. The second-order valence-corrected chi connectivity index (χ2v) is 7.61. The molecule has 0 atom stereocenters. The maximum Gasteiger partial charge on any atom is 0.248 e. The zero-order valence-electron chi connectivity index (χ0n) is 17.3. The lowest BCUT2D eigenvalue weighted by Gasteiger charge is -2.03. The van der Waals surface area contributed by atoms with Crippen molar-refractivity contribution in [1.82, 2.24) is 9.78 Å². The van der Waals surface area contributed by atoms with Crippen LogP contribution in [0.2, 0.25) is 5.02 Å². The Bertz CT molecular complexity index is 1280. The molecule has 0 aliphatic carbocycles. The van der Waals surface area contributed by atoms with Gasteiger partial charge in [0.25, 0.3) is 0 Å². The monoisotopic (exact) mass is 441 g/mol. The number of ketones is 1. The van der Waals surface area contributed by atoms with Crippen LogP contribution in [0.3, 0.4) is 0 Å². The van der Waals surface area contributed by atoms with Crippen LogP contribution >= 0.6 is 11.6 Å². The molecule has 158 valence electrons. The summed E-state index contributed by atoms with van der Waals surface area (Å²) in [5.41, 5.74) is 4.54. The van der Waals surface area contributed by atoms with Crippen LogP contribution in [0.4, 0.5) is 5.69 Å². The molecule has 0 aliphatic heterocycles. The van der Waals surface area contributed by atoms with Gasteiger partial charge >= 0.3 is 0 Å². The first-order valence-electron chi connectivity index (χ1n) is 10.0. The third-order valence-electron chi connectivity index (χ3n) is 4.85. The Morgan fingerprint density at radius 3 is 2.28 bits per heavy atom. The van der Waals surface area contributed by atoms with Crippen molar-refractivity contribution in [2.75, 3.05) is 5.32 Å². The number of anilines is 1. The Kier molecular flexibility index (Phi) is 6.29.